The zero-order valence-corrected chi connectivity index (χ0v) is 9.07. The van der Waals surface area contributed by atoms with Gasteiger partial charge < -0.3 is 0 Å². The third kappa shape index (κ3) is 1.72. The number of hydrogen-bond acceptors (Lipinski definition) is 1. The van der Waals surface area contributed by atoms with Crippen LogP contribution < -0.4 is 9.77 Å². The second-order valence-electron chi connectivity index (χ2n) is 3.03. The van der Waals surface area contributed by atoms with Gasteiger partial charge >= 0.3 is 94.3 Å². The quantitative estimate of drug-likeness (QED) is 0.626. The molecule has 0 aromatic heterocycles. The molecule has 1 nitrogen and oxygen atoms in total. The van der Waals surface area contributed by atoms with Crippen molar-refractivity contribution in [1.29, 1.82) is 0 Å². The molecule has 2 rings (SSSR count). The Morgan fingerprint density at radius 3 is 2.00 bits per heavy atom. The van der Waals surface area contributed by atoms with Gasteiger partial charge in [-0.1, -0.05) is 0 Å². The summed E-state index contributed by atoms with van der Waals surface area (Å²) in [5.41, 5.74) is 8.94. The van der Waals surface area contributed by atoms with E-state index in [-0.39, 0.29) is 0 Å². The standard InChI is InChI=1S/C12H10N.Pd/c13-12-9-5-4-8-11(12)10-6-2-1-3-7-10;/h1-6,8-9H,13H2;/q;-1. The Morgan fingerprint density at radius 2 is 1.36 bits per heavy atom. The molecule has 74 valence electrons. The molecule has 2 aromatic rings. The molecular weight excluding hydrogens is 265 g/mol. The minimum absolute atomic E-state index is 0.811. The Balaban J connectivity index is 2.61. The third-order valence-corrected chi connectivity index (χ3v) is 2.78. The first kappa shape index (κ1) is 9.46. The summed E-state index contributed by atoms with van der Waals surface area (Å²) in [6.45, 7) is 0. The van der Waals surface area contributed by atoms with E-state index in [2.05, 4.69) is 25.3 Å². The van der Waals surface area contributed by atoms with Crippen molar-refractivity contribution in [3.05, 3.63) is 48.5 Å². The Hall–Kier alpha value is -1.10. The summed E-state index contributed by atoms with van der Waals surface area (Å²) >= 11 is 3.23. The topological polar surface area (TPSA) is 26.0 Å². The number of nitrogens with two attached hydrogens (primary N) is 1. The van der Waals surface area contributed by atoms with E-state index in [1.54, 1.807) is 0 Å². The normalized spacial score (nSPS) is 10.1. The summed E-state index contributed by atoms with van der Waals surface area (Å²) in [6, 6.07) is 16.0. The van der Waals surface area contributed by atoms with Crippen molar-refractivity contribution in [2.45, 2.75) is 0 Å². The first-order chi connectivity index (χ1) is 6.79. The van der Waals surface area contributed by atoms with Crippen LogP contribution in [0.4, 0.5) is 5.69 Å². The summed E-state index contributed by atoms with van der Waals surface area (Å²) in [6.07, 6.45) is 0. The van der Waals surface area contributed by atoms with Gasteiger partial charge in [0.05, 0.1) is 0 Å². The number of hydrogen-bond donors (Lipinski definition) is 1. The van der Waals surface area contributed by atoms with Gasteiger partial charge in [-0.15, -0.1) is 0 Å². The van der Waals surface area contributed by atoms with Crippen LogP contribution >= 0.6 is 0 Å². The summed E-state index contributed by atoms with van der Waals surface area (Å²) in [5.74, 6) is 0. The van der Waals surface area contributed by atoms with Crippen molar-refractivity contribution >= 4 is 9.72 Å². The third-order valence-electron chi connectivity index (χ3n) is 2.10. The van der Waals surface area contributed by atoms with Gasteiger partial charge in [0.25, 0.3) is 0 Å². The molecule has 0 saturated carbocycles. The van der Waals surface area contributed by atoms with E-state index in [1.165, 1.54) is 0 Å². The van der Waals surface area contributed by atoms with Crippen molar-refractivity contribution in [1.82, 2.24) is 0 Å². The molecule has 0 aliphatic carbocycles. The summed E-state index contributed by atoms with van der Waals surface area (Å²) in [4.78, 5) is 0. The molecule has 0 radical (unpaired) electrons. The monoisotopic (exact) mass is 274 g/mol. The second kappa shape index (κ2) is 3.96. The van der Waals surface area contributed by atoms with Crippen molar-refractivity contribution < 1.29 is 19.2 Å². The fourth-order valence-electron chi connectivity index (χ4n) is 1.40. The first-order valence-corrected chi connectivity index (χ1v) is 5.13. The van der Waals surface area contributed by atoms with Gasteiger partial charge in [0, 0.05) is 0 Å². The average molecular weight is 275 g/mol. The van der Waals surface area contributed by atoms with Crippen LogP contribution in [0.3, 0.4) is 0 Å². The van der Waals surface area contributed by atoms with Gasteiger partial charge in [0.2, 0.25) is 0 Å². The fourth-order valence-corrected chi connectivity index (χ4v) is 1.89. The average Bonchev–Trinajstić information content (AvgIpc) is 2.20. The Labute approximate surface area is 94.4 Å². The number of anilines is 1. The SMILES string of the molecule is Nc1ccccc1-c1cccc[c]1[Pd-]. The maximum atomic E-state index is 5.90. The Bertz CT molecular complexity index is 408. The number of para-hydroxylation sites is 1. The Morgan fingerprint density at radius 1 is 0.786 bits per heavy atom. The van der Waals surface area contributed by atoms with Gasteiger partial charge in [-0.2, -0.15) is 0 Å². The molecule has 2 N–H and O–H groups in total. The van der Waals surface area contributed by atoms with Crippen LogP contribution in [-0.4, -0.2) is 0 Å². The molecule has 14 heavy (non-hydrogen) atoms. The minimum atomic E-state index is 0.811. The van der Waals surface area contributed by atoms with Crippen LogP contribution in [0.2, 0.25) is 0 Å². The van der Waals surface area contributed by atoms with Crippen LogP contribution in [0.5, 0.6) is 0 Å². The number of nitrogen functional groups attached to an aromatic ring is 1. The molecule has 2 aromatic carbocycles. The van der Waals surface area contributed by atoms with Crippen LogP contribution in [0.15, 0.2) is 48.5 Å². The van der Waals surface area contributed by atoms with E-state index in [0.717, 1.165) is 20.9 Å². The van der Waals surface area contributed by atoms with Crippen LogP contribution in [-0.2, 0) is 19.2 Å². The van der Waals surface area contributed by atoms with Crippen molar-refractivity contribution in [2.24, 2.45) is 0 Å². The maximum absolute atomic E-state index is 5.90. The summed E-state index contributed by atoms with van der Waals surface area (Å²) in [7, 11) is 0. The van der Waals surface area contributed by atoms with E-state index in [9.17, 15) is 0 Å². The number of benzene rings is 2. The molecular formula is C12H10NPd-. The van der Waals surface area contributed by atoms with Gasteiger partial charge in [-0.3, -0.25) is 0 Å². The Kier molecular flexibility index (Phi) is 2.67. The molecule has 0 fully saturated rings. The molecule has 0 bridgehead atoms. The van der Waals surface area contributed by atoms with Gasteiger partial charge in [0.1, 0.15) is 0 Å². The summed E-state index contributed by atoms with van der Waals surface area (Å²) < 4.78 is 1.11. The zero-order valence-electron chi connectivity index (χ0n) is 7.51. The van der Waals surface area contributed by atoms with Crippen molar-refractivity contribution in [2.75, 3.05) is 5.73 Å². The van der Waals surface area contributed by atoms with Crippen molar-refractivity contribution in [3.63, 3.8) is 0 Å². The summed E-state index contributed by atoms with van der Waals surface area (Å²) in [5, 5.41) is 0. The van der Waals surface area contributed by atoms with E-state index in [4.69, 9.17) is 5.73 Å². The van der Waals surface area contributed by atoms with Gasteiger partial charge in [0.15, 0.2) is 0 Å². The van der Waals surface area contributed by atoms with Crippen LogP contribution in [0.25, 0.3) is 11.1 Å². The molecule has 0 spiro atoms. The molecule has 0 saturated heterocycles. The van der Waals surface area contributed by atoms with E-state index in [0.29, 0.717) is 0 Å². The first-order valence-electron chi connectivity index (χ1n) is 4.35. The van der Waals surface area contributed by atoms with Crippen LogP contribution in [0, 0.1) is 0 Å². The predicted molar refractivity (Wildman–Crippen MR) is 55.9 cm³/mol. The van der Waals surface area contributed by atoms with Gasteiger partial charge in [-0.05, 0) is 0 Å². The van der Waals surface area contributed by atoms with E-state index in [1.807, 2.05) is 42.5 Å². The van der Waals surface area contributed by atoms with E-state index < -0.39 is 0 Å². The van der Waals surface area contributed by atoms with Crippen LogP contribution in [0.1, 0.15) is 0 Å². The van der Waals surface area contributed by atoms with Gasteiger partial charge in [-0.25, -0.2) is 0 Å². The van der Waals surface area contributed by atoms with Crippen molar-refractivity contribution in [3.8, 4) is 11.1 Å². The number of rotatable bonds is 1. The molecule has 2 heteroatoms. The van der Waals surface area contributed by atoms with E-state index >= 15 is 0 Å². The second-order valence-corrected chi connectivity index (χ2v) is 3.87. The fraction of sp³-hybridized carbons (Fsp3) is 0. The molecule has 0 amide bonds. The molecule has 0 aliphatic rings. The molecule has 0 heterocycles. The zero-order chi connectivity index (χ0) is 9.97. The predicted octanol–water partition coefficient (Wildman–Crippen LogP) is 2.11. The molecule has 0 atom stereocenters. The molecule has 0 unspecified atom stereocenters. The molecule has 0 aliphatic heterocycles.